The van der Waals surface area contributed by atoms with E-state index < -0.39 is 0 Å². The van der Waals surface area contributed by atoms with Crippen LogP contribution in [0, 0.1) is 0 Å². The number of aromatic nitrogens is 2. The quantitative estimate of drug-likeness (QED) is 0.862. The number of aryl methyl sites for hydroxylation is 1. The van der Waals surface area contributed by atoms with Crippen molar-refractivity contribution in [2.24, 2.45) is 7.05 Å². The van der Waals surface area contributed by atoms with Crippen LogP contribution in [0.1, 0.15) is 25.1 Å². The molecule has 1 aromatic heterocycles. The molecule has 0 aliphatic heterocycles. The summed E-state index contributed by atoms with van der Waals surface area (Å²) >= 11 is 3.50. The second-order valence-corrected chi connectivity index (χ2v) is 4.32. The summed E-state index contributed by atoms with van der Waals surface area (Å²) in [4.78, 5) is 0. The molecule has 1 atom stereocenters. The molecule has 0 saturated heterocycles. The van der Waals surface area contributed by atoms with E-state index in [1.54, 1.807) is 7.11 Å². The van der Waals surface area contributed by atoms with Crippen LogP contribution < -0.4 is 5.32 Å². The Hall–Kier alpha value is -0.390. The van der Waals surface area contributed by atoms with Crippen LogP contribution in [0.15, 0.2) is 10.7 Å². The third kappa shape index (κ3) is 3.29. The summed E-state index contributed by atoms with van der Waals surface area (Å²) in [7, 11) is 3.65. The van der Waals surface area contributed by atoms with Crippen LogP contribution in [0.4, 0.5) is 0 Å². The lowest BCUT2D eigenvalue weighted by atomic mass is 10.2. The third-order valence-corrected chi connectivity index (χ3v) is 2.85. The zero-order chi connectivity index (χ0) is 11.3. The summed E-state index contributed by atoms with van der Waals surface area (Å²) < 4.78 is 8.11. The SMILES string of the molecule is CCCNC(COC)c1c(Br)cnn1C. The van der Waals surface area contributed by atoms with Crippen LogP contribution in [0.2, 0.25) is 0 Å². The predicted molar refractivity (Wildman–Crippen MR) is 63.8 cm³/mol. The first-order valence-corrected chi connectivity index (χ1v) is 5.89. The summed E-state index contributed by atoms with van der Waals surface area (Å²) in [6, 6.07) is 0.192. The third-order valence-electron chi connectivity index (χ3n) is 2.24. The molecule has 1 rings (SSSR count). The number of nitrogens with zero attached hydrogens (tertiary/aromatic N) is 2. The summed E-state index contributed by atoms with van der Waals surface area (Å²) in [5.74, 6) is 0. The van der Waals surface area contributed by atoms with Gasteiger partial charge in [-0.2, -0.15) is 5.10 Å². The highest BCUT2D eigenvalue weighted by atomic mass is 79.9. The highest BCUT2D eigenvalue weighted by Gasteiger charge is 2.17. The molecule has 0 aliphatic carbocycles. The lowest BCUT2D eigenvalue weighted by Gasteiger charge is -2.18. The molecular weight excluding hydrogens is 258 g/mol. The van der Waals surface area contributed by atoms with Crippen LogP contribution in [0.3, 0.4) is 0 Å². The Morgan fingerprint density at radius 3 is 2.87 bits per heavy atom. The Bertz CT molecular complexity index is 281. The standard InChI is InChI=1S/C10H18BrN3O/c1-4-5-12-9(7-15-3)10-8(11)6-13-14(10)2/h6,9,12H,4-5,7H2,1-3H3. The first-order valence-electron chi connectivity index (χ1n) is 5.10. The number of hydrogen-bond donors (Lipinski definition) is 1. The fourth-order valence-corrected chi connectivity index (χ4v) is 2.16. The largest absolute Gasteiger partial charge is 0.383 e. The Morgan fingerprint density at radius 1 is 1.67 bits per heavy atom. The fraction of sp³-hybridized carbons (Fsp3) is 0.700. The van der Waals surface area contributed by atoms with Gasteiger partial charge in [-0.1, -0.05) is 6.92 Å². The lowest BCUT2D eigenvalue weighted by molar-refractivity contribution is 0.163. The van der Waals surface area contributed by atoms with Gasteiger partial charge in [0.1, 0.15) is 0 Å². The van der Waals surface area contributed by atoms with E-state index in [-0.39, 0.29) is 6.04 Å². The molecule has 1 N–H and O–H groups in total. The van der Waals surface area contributed by atoms with Crippen LogP contribution >= 0.6 is 15.9 Å². The second kappa shape index (κ2) is 6.25. The molecule has 0 bridgehead atoms. The average Bonchev–Trinajstić information content (AvgIpc) is 2.54. The number of nitrogens with one attached hydrogen (secondary N) is 1. The van der Waals surface area contributed by atoms with Crippen LogP contribution in [-0.2, 0) is 11.8 Å². The predicted octanol–water partition coefficient (Wildman–Crippen LogP) is 1.87. The van der Waals surface area contributed by atoms with Gasteiger partial charge in [-0.3, -0.25) is 4.68 Å². The van der Waals surface area contributed by atoms with Crippen molar-refractivity contribution >= 4 is 15.9 Å². The van der Waals surface area contributed by atoms with E-state index >= 15 is 0 Å². The Balaban J connectivity index is 2.78. The summed E-state index contributed by atoms with van der Waals surface area (Å²) in [6.45, 7) is 3.78. The van der Waals surface area contributed by atoms with Gasteiger partial charge in [-0.05, 0) is 28.9 Å². The molecule has 0 amide bonds. The highest BCUT2D eigenvalue weighted by molar-refractivity contribution is 9.10. The van der Waals surface area contributed by atoms with Gasteiger partial charge in [0.15, 0.2) is 0 Å². The maximum atomic E-state index is 5.21. The molecule has 0 aliphatic rings. The summed E-state index contributed by atoms with van der Waals surface area (Å²) in [5, 5.41) is 7.64. The maximum Gasteiger partial charge on any atom is 0.0740 e. The molecule has 0 aromatic carbocycles. The van der Waals surface area contributed by atoms with E-state index in [2.05, 4.69) is 33.3 Å². The van der Waals surface area contributed by atoms with E-state index in [0.29, 0.717) is 6.61 Å². The van der Waals surface area contributed by atoms with Crippen molar-refractivity contribution < 1.29 is 4.74 Å². The molecule has 86 valence electrons. The molecule has 4 nitrogen and oxygen atoms in total. The average molecular weight is 276 g/mol. The lowest BCUT2D eigenvalue weighted by Crippen LogP contribution is -2.28. The normalized spacial score (nSPS) is 13.1. The van der Waals surface area contributed by atoms with Gasteiger partial charge in [0.2, 0.25) is 0 Å². The van der Waals surface area contributed by atoms with E-state index in [1.165, 1.54) is 0 Å². The highest BCUT2D eigenvalue weighted by Crippen LogP contribution is 2.22. The number of rotatable bonds is 6. The molecule has 0 saturated carbocycles. The van der Waals surface area contributed by atoms with Crippen molar-refractivity contribution in [2.75, 3.05) is 20.3 Å². The Morgan fingerprint density at radius 2 is 2.40 bits per heavy atom. The van der Waals surface area contributed by atoms with Gasteiger partial charge >= 0.3 is 0 Å². The van der Waals surface area contributed by atoms with Crippen molar-refractivity contribution in [1.29, 1.82) is 0 Å². The smallest absolute Gasteiger partial charge is 0.0740 e. The molecule has 0 fully saturated rings. The van der Waals surface area contributed by atoms with Gasteiger partial charge < -0.3 is 10.1 Å². The van der Waals surface area contributed by atoms with E-state index in [4.69, 9.17) is 4.74 Å². The number of halogens is 1. The number of methoxy groups -OCH3 is 1. The van der Waals surface area contributed by atoms with Crippen molar-refractivity contribution in [1.82, 2.24) is 15.1 Å². The zero-order valence-corrected chi connectivity index (χ0v) is 11.0. The van der Waals surface area contributed by atoms with Gasteiger partial charge in [-0.25, -0.2) is 0 Å². The van der Waals surface area contributed by atoms with Gasteiger partial charge in [0.05, 0.1) is 29.0 Å². The van der Waals surface area contributed by atoms with Crippen molar-refractivity contribution in [2.45, 2.75) is 19.4 Å². The van der Waals surface area contributed by atoms with Gasteiger partial charge in [-0.15, -0.1) is 0 Å². The Labute approximate surface area is 99.1 Å². The van der Waals surface area contributed by atoms with E-state index in [9.17, 15) is 0 Å². The first-order chi connectivity index (χ1) is 7.20. The molecule has 0 radical (unpaired) electrons. The van der Waals surface area contributed by atoms with Crippen molar-refractivity contribution in [3.63, 3.8) is 0 Å². The first kappa shape index (κ1) is 12.7. The molecular formula is C10H18BrN3O. The van der Waals surface area contributed by atoms with E-state index in [0.717, 1.165) is 23.1 Å². The van der Waals surface area contributed by atoms with Crippen molar-refractivity contribution in [3.05, 3.63) is 16.4 Å². The van der Waals surface area contributed by atoms with Crippen LogP contribution in [0.5, 0.6) is 0 Å². The number of ether oxygens (including phenoxy) is 1. The molecule has 1 aromatic rings. The topological polar surface area (TPSA) is 39.1 Å². The second-order valence-electron chi connectivity index (χ2n) is 3.46. The fourth-order valence-electron chi connectivity index (χ4n) is 1.53. The van der Waals surface area contributed by atoms with Gasteiger partial charge in [0.25, 0.3) is 0 Å². The molecule has 0 spiro atoms. The van der Waals surface area contributed by atoms with Crippen LogP contribution in [0.25, 0.3) is 0 Å². The maximum absolute atomic E-state index is 5.21. The summed E-state index contributed by atoms with van der Waals surface area (Å²) in [5.41, 5.74) is 1.13. The molecule has 15 heavy (non-hydrogen) atoms. The van der Waals surface area contributed by atoms with Gasteiger partial charge in [0, 0.05) is 14.2 Å². The Kier molecular flexibility index (Phi) is 5.28. The minimum Gasteiger partial charge on any atom is -0.383 e. The minimum absolute atomic E-state index is 0.192. The minimum atomic E-state index is 0.192. The van der Waals surface area contributed by atoms with Crippen LogP contribution in [-0.4, -0.2) is 30.0 Å². The molecule has 5 heteroatoms. The monoisotopic (exact) mass is 275 g/mol. The molecule has 1 unspecified atom stereocenters. The van der Waals surface area contributed by atoms with E-state index in [1.807, 2.05) is 17.9 Å². The summed E-state index contributed by atoms with van der Waals surface area (Å²) in [6.07, 6.45) is 2.92. The number of hydrogen-bond acceptors (Lipinski definition) is 3. The van der Waals surface area contributed by atoms with Crippen molar-refractivity contribution in [3.8, 4) is 0 Å². The zero-order valence-electron chi connectivity index (χ0n) is 9.46. The molecule has 1 heterocycles.